The molecule has 1 saturated heterocycles. The summed E-state index contributed by atoms with van der Waals surface area (Å²) in [5.74, 6) is -0.528. The van der Waals surface area contributed by atoms with Gasteiger partial charge in [0.15, 0.2) is 5.17 Å². The molecule has 0 saturated carbocycles. The number of nitrogens with one attached hydrogen (secondary N) is 1. The van der Waals surface area contributed by atoms with Crippen LogP contribution in [0.4, 0.5) is 15.8 Å². The average molecular weight is 512 g/mol. The van der Waals surface area contributed by atoms with Crippen LogP contribution in [0.3, 0.4) is 0 Å². The van der Waals surface area contributed by atoms with Crippen LogP contribution in [0.25, 0.3) is 0 Å². The number of hydrogen-bond acceptors (Lipinski definition) is 5. The molecule has 1 aliphatic heterocycles. The zero-order chi connectivity index (χ0) is 24.8. The van der Waals surface area contributed by atoms with Gasteiger partial charge in [0.1, 0.15) is 16.8 Å². The third kappa shape index (κ3) is 6.41. The molecule has 1 aliphatic rings. The fourth-order valence-electron chi connectivity index (χ4n) is 3.50. The van der Waals surface area contributed by atoms with E-state index in [2.05, 4.69) is 10.3 Å². The maximum atomic E-state index is 14.0. The highest BCUT2D eigenvalue weighted by atomic mass is 35.5. The number of para-hydroxylation sites is 1. The van der Waals surface area contributed by atoms with Gasteiger partial charge in [-0.3, -0.25) is 14.5 Å². The predicted octanol–water partition coefficient (Wildman–Crippen LogP) is 5.69. The average Bonchev–Trinajstić information content (AvgIpc) is 2.86. The van der Waals surface area contributed by atoms with E-state index < -0.39 is 17.0 Å². The maximum Gasteiger partial charge on any atom is 0.238 e. The second-order valence-corrected chi connectivity index (χ2v) is 9.40. The Morgan fingerprint density at radius 2 is 1.86 bits per heavy atom. The molecule has 1 fully saturated rings. The van der Waals surface area contributed by atoms with Gasteiger partial charge in [0, 0.05) is 18.0 Å². The molecule has 1 atom stereocenters. The Morgan fingerprint density at radius 1 is 1.14 bits per heavy atom. The molecule has 1 N–H and O–H groups in total. The molecule has 1 unspecified atom stereocenters. The second-order valence-electron chi connectivity index (χ2n) is 7.79. The standard InChI is InChI=1S/C26H23ClFN3O3S/c1-34-20-12-10-19(11-13-20)29-26-31(15-14-17-6-8-18(27)9-7-17)24(32)16-23(35-26)25(33)30-22-5-3-2-4-21(22)28/h2-13,23H,14-16H2,1H3,(H,30,33). The van der Waals surface area contributed by atoms with Gasteiger partial charge in [0.2, 0.25) is 11.8 Å². The summed E-state index contributed by atoms with van der Waals surface area (Å²) >= 11 is 7.16. The molecule has 4 rings (SSSR count). The number of nitrogens with zero attached hydrogens (tertiary/aromatic N) is 2. The Labute approximate surface area is 212 Å². The first-order valence-electron chi connectivity index (χ1n) is 10.9. The molecule has 9 heteroatoms. The van der Waals surface area contributed by atoms with E-state index in [-0.39, 0.29) is 18.0 Å². The highest BCUT2D eigenvalue weighted by Gasteiger charge is 2.36. The van der Waals surface area contributed by atoms with Crippen LogP contribution in [0, 0.1) is 5.82 Å². The van der Waals surface area contributed by atoms with Gasteiger partial charge in [-0.05, 0) is 60.5 Å². The molecule has 0 aliphatic carbocycles. The molecule has 1 heterocycles. The van der Waals surface area contributed by atoms with Crippen LogP contribution < -0.4 is 10.1 Å². The Kier molecular flexibility index (Phi) is 8.05. The molecule has 2 amide bonds. The van der Waals surface area contributed by atoms with Crippen molar-refractivity contribution in [3.05, 3.63) is 89.2 Å². The van der Waals surface area contributed by atoms with Crippen LogP contribution in [0.15, 0.2) is 77.8 Å². The van der Waals surface area contributed by atoms with E-state index in [1.807, 2.05) is 12.1 Å². The molecular weight excluding hydrogens is 489 g/mol. The number of methoxy groups -OCH3 is 1. The van der Waals surface area contributed by atoms with Crippen molar-refractivity contribution in [2.45, 2.75) is 18.1 Å². The molecular formula is C26H23ClFN3O3S. The number of amides is 2. The highest BCUT2D eigenvalue weighted by molar-refractivity contribution is 8.15. The number of aliphatic imine (C=N–C) groups is 1. The van der Waals surface area contributed by atoms with E-state index in [1.165, 1.54) is 23.9 Å². The summed E-state index contributed by atoms with van der Waals surface area (Å²) in [4.78, 5) is 32.3. The number of halogens is 2. The van der Waals surface area contributed by atoms with E-state index in [0.29, 0.717) is 34.6 Å². The maximum absolute atomic E-state index is 14.0. The predicted molar refractivity (Wildman–Crippen MR) is 138 cm³/mol. The van der Waals surface area contributed by atoms with E-state index in [0.717, 1.165) is 5.56 Å². The SMILES string of the molecule is COc1ccc(N=C2SC(C(=O)Nc3ccccc3F)CC(=O)N2CCc2ccc(Cl)cc2)cc1. The minimum Gasteiger partial charge on any atom is -0.497 e. The number of benzene rings is 3. The van der Waals surface area contributed by atoms with Crippen molar-refractivity contribution in [1.29, 1.82) is 0 Å². The molecule has 35 heavy (non-hydrogen) atoms. The summed E-state index contributed by atoms with van der Waals surface area (Å²) < 4.78 is 19.2. The van der Waals surface area contributed by atoms with Crippen LogP contribution in [-0.2, 0) is 16.0 Å². The molecule has 0 bridgehead atoms. The summed E-state index contributed by atoms with van der Waals surface area (Å²) in [6.45, 7) is 0.393. The van der Waals surface area contributed by atoms with Crippen molar-refractivity contribution in [2.75, 3.05) is 19.0 Å². The molecule has 3 aromatic rings. The number of rotatable bonds is 7. The monoisotopic (exact) mass is 511 g/mol. The summed E-state index contributed by atoms with van der Waals surface area (Å²) in [6.07, 6.45) is 0.574. The lowest BCUT2D eigenvalue weighted by molar-refractivity contribution is -0.129. The molecule has 180 valence electrons. The van der Waals surface area contributed by atoms with Crippen molar-refractivity contribution < 1.29 is 18.7 Å². The van der Waals surface area contributed by atoms with Crippen molar-refractivity contribution in [1.82, 2.24) is 4.90 Å². The number of hydrogen-bond donors (Lipinski definition) is 1. The van der Waals surface area contributed by atoms with Crippen LogP contribution >= 0.6 is 23.4 Å². The van der Waals surface area contributed by atoms with Crippen LogP contribution in [0.1, 0.15) is 12.0 Å². The van der Waals surface area contributed by atoms with Crippen molar-refractivity contribution in [2.24, 2.45) is 4.99 Å². The van der Waals surface area contributed by atoms with E-state index in [1.54, 1.807) is 60.5 Å². The number of carbonyl (C=O) groups is 2. The second kappa shape index (κ2) is 11.4. The van der Waals surface area contributed by atoms with Gasteiger partial charge in [-0.2, -0.15) is 0 Å². The van der Waals surface area contributed by atoms with Crippen LogP contribution in [0.2, 0.25) is 5.02 Å². The van der Waals surface area contributed by atoms with Gasteiger partial charge < -0.3 is 10.1 Å². The topological polar surface area (TPSA) is 71.0 Å². The Morgan fingerprint density at radius 3 is 2.54 bits per heavy atom. The van der Waals surface area contributed by atoms with Crippen molar-refractivity contribution in [3.63, 3.8) is 0 Å². The van der Waals surface area contributed by atoms with Crippen LogP contribution in [0.5, 0.6) is 5.75 Å². The van der Waals surface area contributed by atoms with Gasteiger partial charge in [-0.15, -0.1) is 0 Å². The number of ether oxygens (including phenoxy) is 1. The fraction of sp³-hybridized carbons (Fsp3) is 0.192. The number of amidine groups is 1. The van der Waals surface area contributed by atoms with Crippen LogP contribution in [-0.4, -0.2) is 40.8 Å². The minimum absolute atomic E-state index is 0.0206. The summed E-state index contributed by atoms with van der Waals surface area (Å²) in [5.41, 5.74) is 1.72. The van der Waals surface area contributed by atoms with Gasteiger partial charge in [0.25, 0.3) is 0 Å². The molecule has 6 nitrogen and oxygen atoms in total. The number of thioether (sulfide) groups is 1. The van der Waals surface area contributed by atoms with Gasteiger partial charge in [-0.1, -0.05) is 47.6 Å². The quantitative estimate of drug-likeness (QED) is 0.442. The molecule has 3 aromatic carbocycles. The lowest BCUT2D eigenvalue weighted by atomic mass is 10.1. The minimum atomic E-state index is -0.745. The largest absolute Gasteiger partial charge is 0.497 e. The first-order valence-corrected chi connectivity index (χ1v) is 12.2. The normalized spacial score (nSPS) is 16.9. The lowest BCUT2D eigenvalue weighted by Crippen LogP contribution is -2.46. The van der Waals surface area contributed by atoms with Gasteiger partial charge in [0.05, 0.1) is 18.5 Å². The van der Waals surface area contributed by atoms with E-state index in [9.17, 15) is 14.0 Å². The Balaban J connectivity index is 1.56. The fourth-order valence-corrected chi connectivity index (χ4v) is 4.75. The van der Waals surface area contributed by atoms with E-state index in [4.69, 9.17) is 16.3 Å². The third-order valence-electron chi connectivity index (χ3n) is 5.40. The Bertz CT molecular complexity index is 1240. The van der Waals surface area contributed by atoms with Crippen molar-refractivity contribution >= 4 is 51.7 Å². The highest BCUT2D eigenvalue weighted by Crippen LogP contribution is 2.31. The first kappa shape index (κ1) is 24.8. The zero-order valence-corrected chi connectivity index (χ0v) is 20.5. The molecule has 0 radical (unpaired) electrons. The summed E-state index contributed by atoms with van der Waals surface area (Å²) in [6, 6.07) is 20.5. The first-order chi connectivity index (χ1) is 16.9. The third-order valence-corrected chi connectivity index (χ3v) is 6.84. The van der Waals surface area contributed by atoms with E-state index >= 15 is 0 Å². The molecule has 0 spiro atoms. The smallest absolute Gasteiger partial charge is 0.238 e. The summed E-state index contributed by atoms with van der Waals surface area (Å²) in [5, 5.41) is 2.90. The molecule has 0 aromatic heterocycles. The van der Waals surface area contributed by atoms with Gasteiger partial charge >= 0.3 is 0 Å². The van der Waals surface area contributed by atoms with Gasteiger partial charge in [-0.25, -0.2) is 9.38 Å². The number of carbonyl (C=O) groups excluding carboxylic acids is 2. The Hall–Kier alpha value is -3.36. The lowest BCUT2D eigenvalue weighted by Gasteiger charge is -2.32. The number of anilines is 1. The van der Waals surface area contributed by atoms with Crippen molar-refractivity contribution in [3.8, 4) is 5.75 Å². The zero-order valence-electron chi connectivity index (χ0n) is 18.9. The summed E-state index contributed by atoms with van der Waals surface area (Å²) in [7, 11) is 1.58.